The van der Waals surface area contributed by atoms with Gasteiger partial charge in [-0.25, -0.2) is 4.79 Å². The van der Waals surface area contributed by atoms with Crippen LogP contribution in [0.5, 0.6) is 0 Å². The van der Waals surface area contributed by atoms with E-state index in [1.807, 2.05) is 23.1 Å². The van der Waals surface area contributed by atoms with Gasteiger partial charge in [0.05, 0.1) is 0 Å². The standard InChI is InChI=1S/C19H25N3O2/c1-13-11-21-9-3-5-16(21)12-22(13)19(24)20-15-8-7-14-4-2-6-18(23)17(14)10-15/h7-8,10,13,16H,2-6,9,11-12H2,1H3,(H,20,24)/t13-,16-/m0/s1. The van der Waals surface area contributed by atoms with Crippen LogP contribution in [0.1, 0.15) is 48.5 Å². The molecule has 3 aliphatic rings. The molecule has 0 saturated carbocycles. The van der Waals surface area contributed by atoms with Gasteiger partial charge in [0.25, 0.3) is 0 Å². The summed E-state index contributed by atoms with van der Waals surface area (Å²) in [4.78, 5) is 29.3. The number of carbonyl (C=O) groups excluding carboxylic acids is 2. The normalized spacial score (nSPS) is 26.9. The van der Waals surface area contributed by atoms with E-state index in [4.69, 9.17) is 0 Å². The van der Waals surface area contributed by atoms with Crippen molar-refractivity contribution in [3.8, 4) is 0 Å². The Labute approximate surface area is 143 Å². The van der Waals surface area contributed by atoms with Crippen molar-refractivity contribution < 1.29 is 9.59 Å². The number of hydrogen-bond acceptors (Lipinski definition) is 3. The zero-order valence-electron chi connectivity index (χ0n) is 14.3. The molecular weight excluding hydrogens is 302 g/mol. The summed E-state index contributed by atoms with van der Waals surface area (Å²) in [5.74, 6) is 0.195. The average molecular weight is 327 g/mol. The number of nitrogens with zero attached hydrogens (tertiary/aromatic N) is 2. The fraction of sp³-hybridized carbons (Fsp3) is 0.579. The van der Waals surface area contributed by atoms with Crippen LogP contribution in [-0.2, 0) is 6.42 Å². The number of hydrogen-bond donors (Lipinski definition) is 1. The van der Waals surface area contributed by atoms with Crippen molar-refractivity contribution in [2.24, 2.45) is 0 Å². The average Bonchev–Trinajstić information content (AvgIpc) is 3.02. The van der Waals surface area contributed by atoms with Crippen molar-refractivity contribution in [1.29, 1.82) is 0 Å². The van der Waals surface area contributed by atoms with Crippen LogP contribution in [-0.4, -0.2) is 53.3 Å². The van der Waals surface area contributed by atoms with Crippen LogP contribution in [0.4, 0.5) is 10.5 Å². The first-order chi connectivity index (χ1) is 11.6. The first kappa shape index (κ1) is 15.6. The highest BCUT2D eigenvalue weighted by atomic mass is 16.2. The van der Waals surface area contributed by atoms with Gasteiger partial charge in [-0.2, -0.15) is 0 Å². The fourth-order valence-electron chi connectivity index (χ4n) is 4.37. The topological polar surface area (TPSA) is 52.6 Å². The Morgan fingerprint density at radius 3 is 2.96 bits per heavy atom. The molecule has 0 bridgehead atoms. The monoisotopic (exact) mass is 327 g/mol. The van der Waals surface area contributed by atoms with Gasteiger partial charge in [0, 0.05) is 42.8 Å². The lowest BCUT2D eigenvalue weighted by molar-refractivity contribution is 0.0861. The van der Waals surface area contributed by atoms with Gasteiger partial charge in [-0.1, -0.05) is 6.07 Å². The van der Waals surface area contributed by atoms with Crippen LogP contribution in [0, 0.1) is 0 Å². The maximum Gasteiger partial charge on any atom is 0.322 e. The number of fused-ring (bicyclic) bond motifs is 2. The van der Waals surface area contributed by atoms with Gasteiger partial charge in [0.1, 0.15) is 0 Å². The molecule has 1 aliphatic carbocycles. The van der Waals surface area contributed by atoms with E-state index in [0.29, 0.717) is 12.5 Å². The largest absolute Gasteiger partial charge is 0.322 e. The summed E-state index contributed by atoms with van der Waals surface area (Å²) in [5.41, 5.74) is 2.62. The lowest BCUT2D eigenvalue weighted by atomic mass is 9.90. The van der Waals surface area contributed by atoms with Crippen LogP contribution in [0.3, 0.4) is 0 Å². The van der Waals surface area contributed by atoms with Gasteiger partial charge < -0.3 is 10.2 Å². The molecule has 1 aromatic rings. The molecule has 5 nitrogen and oxygen atoms in total. The number of carbonyl (C=O) groups is 2. The Morgan fingerprint density at radius 1 is 1.21 bits per heavy atom. The van der Waals surface area contributed by atoms with Crippen LogP contribution in [0.2, 0.25) is 0 Å². The number of urea groups is 1. The summed E-state index contributed by atoms with van der Waals surface area (Å²) in [6, 6.07) is 6.45. The number of rotatable bonds is 1. The number of amides is 2. The molecule has 2 aliphatic heterocycles. The third kappa shape index (κ3) is 2.81. The number of benzene rings is 1. The summed E-state index contributed by atoms with van der Waals surface area (Å²) in [6.07, 6.45) is 4.92. The van der Waals surface area contributed by atoms with E-state index in [-0.39, 0.29) is 17.9 Å². The van der Waals surface area contributed by atoms with Crippen LogP contribution >= 0.6 is 0 Å². The molecule has 2 atom stereocenters. The van der Waals surface area contributed by atoms with Crippen molar-refractivity contribution >= 4 is 17.5 Å². The number of nitrogens with one attached hydrogen (secondary N) is 1. The zero-order chi connectivity index (χ0) is 16.7. The molecule has 24 heavy (non-hydrogen) atoms. The maximum absolute atomic E-state index is 12.7. The lowest BCUT2D eigenvalue weighted by Gasteiger charge is -2.42. The Kier molecular flexibility index (Phi) is 4.04. The molecule has 5 heteroatoms. The smallest absolute Gasteiger partial charge is 0.319 e. The number of piperazine rings is 1. The van der Waals surface area contributed by atoms with E-state index in [1.165, 1.54) is 12.8 Å². The Balaban J connectivity index is 1.48. The third-order valence-electron chi connectivity index (χ3n) is 5.71. The second-order valence-electron chi connectivity index (χ2n) is 7.37. The zero-order valence-corrected chi connectivity index (χ0v) is 14.3. The molecule has 0 spiro atoms. The van der Waals surface area contributed by atoms with Crippen LogP contribution < -0.4 is 5.32 Å². The molecule has 0 aromatic heterocycles. The highest BCUT2D eigenvalue weighted by Gasteiger charge is 2.36. The molecule has 4 rings (SSSR count). The minimum atomic E-state index is -0.0442. The lowest BCUT2D eigenvalue weighted by Crippen LogP contribution is -2.57. The molecular formula is C19H25N3O2. The van der Waals surface area contributed by atoms with Crippen LogP contribution in [0.15, 0.2) is 18.2 Å². The van der Waals surface area contributed by atoms with E-state index in [2.05, 4.69) is 17.1 Å². The minimum Gasteiger partial charge on any atom is -0.319 e. The molecule has 1 N–H and O–H groups in total. The van der Waals surface area contributed by atoms with Crippen molar-refractivity contribution in [1.82, 2.24) is 9.80 Å². The molecule has 2 fully saturated rings. The Hall–Kier alpha value is -1.88. The summed E-state index contributed by atoms with van der Waals surface area (Å²) in [7, 11) is 0. The second-order valence-corrected chi connectivity index (χ2v) is 7.37. The van der Waals surface area contributed by atoms with Crippen LogP contribution in [0.25, 0.3) is 0 Å². The first-order valence-electron chi connectivity index (χ1n) is 9.09. The molecule has 0 radical (unpaired) electrons. The molecule has 1 aromatic carbocycles. The number of ketones is 1. The van der Waals surface area contributed by atoms with Gasteiger partial charge in [-0.3, -0.25) is 9.69 Å². The number of anilines is 1. The number of Topliss-reactive ketones (excluding diaryl/α,β-unsaturated/α-hetero) is 1. The number of aryl methyl sites for hydroxylation is 1. The van der Waals surface area contributed by atoms with Crippen molar-refractivity contribution in [2.45, 2.75) is 51.1 Å². The predicted molar refractivity (Wildman–Crippen MR) is 93.5 cm³/mol. The van der Waals surface area contributed by atoms with Gasteiger partial charge >= 0.3 is 6.03 Å². The summed E-state index contributed by atoms with van der Waals surface area (Å²) < 4.78 is 0. The summed E-state index contributed by atoms with van der Waals surface area (Å²) in [5, 5.41) is 3.01. The SMILES string of the molecule is C[C@H]1CN2CCC[C@H]2CN1C(=O)Nc1ccc2c(c1)C(=O)CCC2. The van der Waals surface area contributed by atoms with Crippen molar-refractivity contribution in [3.63, 3.8) is 0 Å². The Morgan fingerprint density at radius 2 is 2.08 bits per heavy atom. The highest BCUT2D eigenvalue weighted by Crippen LogP contribution is 2.27. The van der Waals surface area contributed by atoms with E-state index >= 15 is 0 Å². The van der Waals surface area contributed by atoms with Gasteiger partial charge in [-0.05, 0) is 56.8 Å². The van der Waals surface area contributed by atoms with Gasteiger partial charge in [-0.15, -0.1) is 0 Å². The summed E-state index contributed by atoms with van der Waals surface area (Å²) >= 11 is 0. The third-order valence-corrected chi connectivity index (χ3v) is 5.71. The fourth-order valence-corrected chi connectivity index (χ4v) is 4.37. The molecule has 2 heterocycles. The van der Waals surface area contributed by atoms with E-state index in [0.717, 1.165) is 49.3 Å². The minimum absolute atomic E-state index is 0.0442. The van der Waals surface area contributed by atoms with Gasteiger partial charge in [0.15, 0.2) is 5.78 Å². The maximum atomic E-state index is 12.7. The van der Waals surface area contributed by atoms with Crippen molar-refractivity contribution in [3.05, 3.63) is 29.3 Å². The second kappa shape index (κ2) is 6.20. The molecule has 2 amide bonds. The molecule has 0 unspecified atom stereocenters. The highest BCUT2D eigenvalue weighted by molar-refractivity contribution is 6.00. The quantitative estimate of drug-likeness (QED) is 0.863. The van der Waals surface area contributed by atoms with E-state index in [1.54, 1.807) is 0 Å². The summed E-state index contributed by atoms with van der Waals surface area (Å²) in [6.45, 7) is 5.04. The van der Waals surface area contributed by atoms with Gasteiger partial charge in [0.2, 0.25) is 0 Å². The predicted octanol–water partition coefficient (Wildman–Crippen LogP) is 2.91. The first-order valence-corrected chi connectivity index (χ1v) is 9.09. The van der Waals surface area contributed by atoms with E-state index in [9.17, 15) is 9.59 Å². The molecule has 128 valence electrons. The van der Waals surface area contributed by atoms with E-state index < -0.39 is 0 Å². The van der Waals surface area contributed by atoms with Crippen molar-refractivity contribution in [2.75, 3.05) is 25.0 Å². The Bertz CT molecular complexity index is 673. The molecule has 2 saturated heterocycles.